The molecule has 174 valence electrons. The van der Waals surface area contributed by atoms with Crippen LogP contribution in [0.3, 0.4) is 0 Å². The van der Waals surface area contributed by atoms with Gasteiger partial charge in [-0.05, 0) is 54.0 Å². The summed E-state index contributed by atoms with van der Waals surface area (Å²) < 4.78 is 16.7. The highest BCUT2D eigenvalue weighted by Gasteiger charge is 2.45. The number of hydrogen-bond acceptors (Lipinski definition) is 5. The quantitative estimate of drug-likeness (QED) is 0.697. The van der Waals surface area contributed by atoms with E-state index in [4.69, 9.17) is 11.6 Å². The van der Waals surface area contributed by atoms with Gasteiger partial charge in [-0.1, -0.05) is 11.6 Å². The van der Waals surface area contributed by atoms with Crippen molar-refractivity contribution in [2.75, 3.05) is 57.1 Å². The Morgan fingerprint density at radius 2 is 1.88 bits per heavy atom. The summed E-state index contributed by atoms with van der Waals surface area (Å²) >= 11 is 6.40. The minimum absolute atomic E-state index is 0.0786. The van der Waals surface area contributed by atoms with E-state index in [1.807, 2.05) is 30.9 Å². The molecule has 3 heterocycles. The Balaban J connectivity index is 2.01. The number of likely N-dealkylation sites (N-methyl/N-ethyl adjacent to an activating group) is 1. The molecule has 2 aliphatic rings. The number of carbonyl (C=O) groups excluding carboxylic acids is 1. The number of aryl methyl sites for hydroxylation is 1. The second-order valence-corrected chi connectivity index (χ2v) is 9.77. The first-order valence-corrected chi connectivity index (χ1v) is 11.4. The van der Waals surface area contributed by atoms with Gasteiger partial charge in [0.15, 0.2) is 5.82 Å². The lowest BCUT2D eigenvalue weighted by atomic mass is 9.97. The number of piperazine rings is 1. The molecule has 4 rings (SSSR count). The predicted octanol–water partition coefficient (Wildman–Crippen LogP) is 2.45. The second-order valence-electron chi connectivity index (χ2n) is 9.36. The summed E-state index contributed by atoms with van der Waals surface area (Å²) in [4.78, 5) is 35.0. The van der Waals surface area contributed by atoms with Gasteiger partial charge in [0, 0.05) is 48.7 Å². The van der Waals surface area contributed by atoms with Crippen LogP contribution < -0.4 is 15.4 Å². The number of rotatable bonds is 4. The van der Waals surface area contributed by atoms with Crippen molar-refractivity contribution in [1.82, 2.24) is 14.4 Å². The molecule has 7 nitrogen and oxygen atoms in total. The number of benzene rings is 1. The van der Waals surface area contributed by atoms with E-state index in [1.54, 1.807) is 24.9 Å². The van der Waals surface area contributed by atoms with Crippen molar-refractivity contribution in [3.8, 4) is 0 Å². The van der Waals surface area contributed by atoms with E-state index in [1.165, 1.54) is 4.57 Å². The zero-order valence-corrected chi connectivity index (χ0v) is 20.3. The molecule has 1 aromatic heterocycles. The molecule has 0 N–H and O–H groups in total. The third-order valence-corrected chi connectivity index (χ3v) is 7.28. The Labute approximate surface area is 192 Å². The molecule has 9 heteroatoms. The summed E-state index contributed by atoms with van der Waals surface area (Å²) in [5.41, 5.74) is 1.13. The lowest BCUT2D eigenvalue weighted by molar-refractivity contribution is -0.121. The monoisotopic (exact) mass is 463 g/mol. The van der Waals surface area contributed by atoms with E-state index < -0.39 is 11.9 Å². The summed E-state index contributed by atoms with van der Waals surface area (Å²) in [6, 6.07) is 1.49. The van der Waals surface area contributed by atoms with Crippen LogP contribution in [0.2, 0.25) is 5.02 Å². The Hall–Kier alpha value is -2.16. The molecule has 0 aliphatic carbocycles. The van der Waals surface area contributed by atoms with Gasteiger partial charge in [-0.25, -0.2) is 4.39 Å². The van der Waals surface area contributed by atoms with Gasteiger partial charge >= 0.3 is 0 Å². The SMILES string of the molecule is Cc1c(Cl)cc2c3c(c(=O)n(C)c2c1F)N(CCCN(C)C)C(=O)C1CN(C)C(C)CN31. The first-order chi connectivity index (χ1) is 15.0. The number of aromatic nitrogens is 1. The Kier molecular flexibility index (Phi) is 5.98. The zero-order chi connectivity index (χ0) is 23.5. The molecule has 2 unspecified atom stereocenters. The van der Waals surface area contributed by atoms with Crippen molar-refractivity contribution in [2.24, 2.45) is 7.05 Å². The molecule has 1 amide bonds. The van der Waals surface area contributed by atoms with Gasteiger partial charge in [0.05, 0.1) is 11.2 Å². The average molecular weight is 464 g/mol. The van der Waals surface area contributed by atoms with Gasteiger partial charge in [-0.15, -0.1) is 0 Å². The van der Waals surface area contributed by atoms with Gasteiger partial charge in [0.25, 0.3) is 11.5 Å². The van der Waals surface area contributed by atoms with Gasteiger partial charge < -0.3 is 19.3 Å². The van der Waals surface area contributed by atoms with E-state index in [0.29, 0.717) is 47.0 Å². The number of fused-ring (bicyclic) bond motifs is 5. The van der Waals surface area contributed by atoms with Crippen molar-refractivity contribution in [3.05, 3.63) is 32.8 Å². The third kappa shape index (κ3) is 3.49. The number of halogens is 2. The fourth-order valence-corrected chi connectivity index (χ4v) is 5.05. The van der Waals surface area contributed by atoms with Gasteiger partial charge in [-0.3, -0.25) is 14.5 Å². The Morgan fingerprint density at radius 1 is 1.19 bits per heavy atom. The fourth-order valence-electron chi connectivity index (χ4n) is 4.85. The summed E-state index contributed by atoms with van der Waals surface area (Å²) in [6.45, 7) is 6.03. The minimum atomic E-state index is -0.496. The number of amides is 1. The molecule has 1 saturated heterocycles. The topological polar surface area (TPSA) is 52.0 Å². The molecule has 0 saturated carbocycles. The number of pyridine rings is 1. The van der Waals surface area contributed by atoms with Crippen LogP contribution in [0.5, 0.6) is 0 Å². The predicted molar refractivity (Wildman–Crippen MR) is 128 cm³/mol. The molecule has 32 heavy (non-hydrogen) atoms. The number of hydrogen-bond donors (Lipinski definition) is 0. The largest absolute Gasteiger partial charge is 0.354 e. The first kappa shape index (κ1) is 23.0. The fraction of sp³-hybridized carbons (Fsp3) is 0.565. The van der Waals surface area contributed by atoms with Crippen LogP contribution in [0.25, 0.3) is 10.9 Å². The summed E-state index contributed by atoms with van der Waals surface area (Å²) in [7, 11) is 7.52. The molecule has 2 aromatic rings. The van der Waals surface area contributed by atoms with Crippen molar-refractivity contribution in [1.29, 1.82) is 0 Å². The highest BCUT2D eigenvalue weighted by molar-refractivity contribution is 6.32. The molecule has 0 bridgehead atoms. The highest BCUT2D eigenvalue weighted by Crippen LogP contribution is 2.43. The maximum absolute atomic E-state index is 15.3. The van der Waals surface area contributed by atoms with Gasteiger partial charge in [-0.2, -0.15) is 0 Å². The molecule has 2 aliphatic heterocycles. The van der Waals surface area contributed by atoms with Crippen molar-refractivity contribution in [3.63, 3.8) is 0 Å². The molecule has 2 atom stereocenters. The van der Waals surface area contributed by atoms with Crippen LogP contribution in [0.1, 0.15) is 18.9 Å². The molecular formula is C23H31ClFN5O2. The van der Waals surface area contributed by atoms with Crippen molar-refractivity contribution >= 4 is 39.8 Å². The molecular weight excluding hydrogens is 433 g/mol. The minimum Gasteiger partial charge on any atom is -0.354 e. The van der Waals surface area contributed by atoms with E-state index in [0.717, 1.165) is 13.0 Å². The second kappa shape index (κ2) is 8.32. The van der Waals surface area contributed by atoms with Crippen LogP contribution in [0, 0.1) is 12.7 Å². The van der Waals surface area contributed by atoms with Crippen LogP contribution in [-0.2, 0) is 11.8 Å². The van der Waals surface area contributed by atoms with Gasteiger partial charge in [0.1, 0.15) is 11.7 Å². The molecule has 1 aromatic carbocycles. The number of carbonyl (C=O) groups is 1. The maximum Gasteiger partial charge on any atom is 0.277 e. The Morgan fingerprint density at radius 3 is 2.53 bits per heavy atom. The lowest BCUT2D eigenvalue weighted by Gasteiger charge is -2.50. The van der Waals surface area contributed by atoms with Crippen LogP contribution in [-0.4, -0.2) is 79.7 Å². The van der Waals surface area contributed by atoms with Crippen molar-refractivity contribution in [2.45, 2.75) is 32.4 Å². The normalized spacial score (nSPS) is 21.5. The lowest BCUT2D eigenvalue weighted by Crippen LogP contribution is -2.65. The van der Waals surface area contributed by atoms with E-state index >= 15 is 4.39 Å². The van der Waals surface area contributed by atoms with Gasteiger partial charge in [0.2, 0.25) is 0 Å². The third-order valence-electron chi connectivity index (χ3n) is 6.89. The smallest absolute Gasteiger partial charge is 0.277 e. The Bertz CT molecular complexity index is 1150. The number of nitrogens with zero attached hydrogens (tertiary/aromatic N) is 5. The van der Waals surface area contributed by atoms with Crippen LogP contribution >= 0.6 is 11.6 Å². The number of anilines is 2. The summed E-state index contributed by atoms with van der Waals surface area (Å²) in [5.74, 6) is -0.574. The van der Waals surface area contributed by atoms with E-state index in [2.05, 4.69) is 11.8 Å². The van der Waals surface area contributed by atoms with E-state index in [-0.39, 0.29) is 23.0 Å². The molecule has 0 spiro atoms. The van der Waals surface area contributed by atoms with Crippen LogP contribution in [0.15, 0.2) is 10.9 Å². The van der Waals surface area contributed by atoms with E-state index in [9.17, 15) is 9.59 Å². The summed E-state index contributed by atoms with van der Waals surface area (Å²) in [5, 5.41) is 0.882. The first-order valence-electron chi connectivity index (χ1n) is 11.0. The zero-order valence-electron chi connectivity index (χ0n) is 19.6. The molecule has 0 radical (unpaired) electrons. The van der Waals surface area contributed by atoms with Crippen molar-refractivity contribution < 1.29 is 9.18 Å². The highest BCUT2D eigenvalue weighted by atomic mass is 35.5. The average Bonchev–Trinajstić information content (AvgIpc) is 2.72. The standard InChI is InChI=1S/C23H31ClFN5O2/c1-13-11-30-17(12-27(13)5)22(31)29(9-7-8-26(3)4)21-20(30)15-10-16(24)14(2)18(25)19(15)28(6)23(21)32/h10,13,17H,7-9,11-12H2,1-6H3. The van der Waals surface area contributed by atoms with Crippen LogP contribution in [0.4, 0.5) is 15.8 Å². The summed E-state index contributed by atoms with van der Waals surface area (Å²) in [6.07, 6.45) is 0.724. The molecule has 1 fully saturated rings. The maximum atomic E-state index is 15.3.